The van der Waals surface area contributed by atoms with Crippen molar-refractivity contribution in [3.8, 4) is 0 Å². The van der Waals surface area contributed by atoms with Gasteiger partial charge in [-0.2, -0.15) is 0 Å². The number of hydrogen-bond donors (Lipinski definition) is 1. The topological polar surface area (TPSA) is 46.2 Å². The SMILES string of the molecule is CCC(NC(=O)c1ccc(C(C)=O)s1)c1ccc(C)cc1. The molecule has 1 unspecified atom stereocenters. The molecule has 1 atom stereocenters. The van der Waals surface area contributed by atoms with Gasteiger partial charge in [0.1, 0.15) is 0 Å². The van der Waals surface area contributed by atoms with Crippen molar-refractivity contribution in [1.82, 2.24) is 5.32 Å². The van der Waals surface area contributed by atoms with E-state index in [1.165, 1.54) is 23.8 Å². The van der Waals surface area contributed by atoms with Gasteiger partial charge < -0.3 is 5.32 Å². The summed E-state index contributed by atoms with van der Waals surface area (Å²) >= 11 is 1.24. The van der Waals surface area contributed by atoms with Gasteiger partial charge in [0.05, 0.1) is 15.8 Å². The first kappa shape index (κ1) is 15.4. The molecule has 21 heavy (non-hydrogen) atoms. The molecule has 1 heterocycles. The summed E-state index contributed by atoms with van der Waals surface area (Å²) in [4.78, 5) is 24.8. The van der Waals surface area contributed by atoms with Gasteiger partial charge in [0.15, 0.2) is 5.78 Å². The van der Waals surface area contributed by atoms with Gasteiger partial charge >= 0.3 is 0 Å². The maximum atomic E-state index is 12.3. The van der Waals surface area contributed by atoms with Crippen molar-refractivity contribution < 1.29 is 9.59 Å². The number of ketones is 1. The molecule has 2 rings (SSSR count). The molecule has 0 aliphatic carbocycles. The lowest BCUT2D eigenvalue weighted by Crippen LogP contribution is -2.27. The third-order valence-corrected chi connectivity index (χ3v) is 4.55. The minimum absolute atomic E-state index is 0.00961. The van der Waals surface area contributed by atoms with Crippen LogP contribution in [0.5, 0.6) is 0 Å². The van der Waals surface area contributed by atoms with Crippen molar-refractivity contribution in [2.24, 2.45) is 0 Å². The minimum Gasteiger partial charge on any atom is -0.345 e. The highest BCUT2D eigenvalue weighted by molar-refractivity contribution is 7.15. The van der Waals surface area contributed by atoms with Gasteiger partial charge in [0.2, 0.25) is 0 Å². The van der Waals surface area contributed by atoms with Gasteiger partial charge in [-0.05, 0) is 38.0 Å². The Bertz CT molecular complexity index is 643. The molecular formula is C17H19NO2S. The van der Waals surface area contributed by atoms with Gasteiger partial charge in [-0.15, -0.1) is 11.3 Å². The van der Waals surface area contributed by atoms with E-state index >= 15 is 0 Å². The van der Waals surface area contributed by atoms with E-state index in [0.717, 1.165) is 12.0 Å². The Balaban J connectivity index is 2.12. The Morgan fingerprint density at radius 3 is 2.24 bits per heavy atom. The number of hydrogen-bond acceptors (Lipinski definition) is 3. The predicted octanol–water partition coefficient (Wildman–Crippen LogP) is 4.14. The summed E-state index contributed by atoms with van der Waals surface area (Å²) in [6.07, 6.45) is 0.819. The minimum atomic E-state index is -0.125. The second kappa shape index (κ2) is 6.68. The Hall–Kier alpha value is -1.94. The van der Waals surface area contributed by atoms with Gasteiger partial charge in [0, 0.05) is 0 Å². The highest BCUT2D eigenvalue weighted by Crippen LogP contribution is 2.21. The number of benzene rings is 1. The summed E-state index contributed by atoms with van der Waals surface area (Å²) in [5, 5.41) is 3.03. The highest BCUT2D eigenvalue weighted by atomic mass is 32.1. The highest BCUT2D eigenvalue weighted by Gasteiger charge is 2.16. The first-order valence-electron chi connectivity index (χ1n) is 6.99. The lowest BCUT2D eigenvalue weighted by molar-refractivity contribution is 0.0939. The van der Waals surface area contributed by atoms with E-state index < -0.39 is 0 Å². The van der Waals surface area contributed by atoms with Gasteiger partial charge in [-0.3, -0.25) is 9.59 Å². The van der Waals surface area contributed by atoms with Crippen LogP contribution in [0, 0.1) is 6.92 Å². The summed E-state index contributed by atoms with van der Waals surface area (Å²) < 4.78 is 0. The maximum absolute atomic E-state index is 12.3. The average Bonchev–Trinajstić information content (AvgIpc) is 2.96. The third kappa shape index (κ3) is 3.79. The molecule has 0 saturated heterocycles. The van der Waals surface area contributed by atoms with Crippen molar-refractivity contribution in [1.29, 1.82) is 0 Å². The molecule has 1 N–H and O–H groups in total. The quantitative estimate of drug-likeness (QED) is 0.844. The van der Waals surface area contributed by atoms with E-state index in [1.54, 1.807) is 12.1 Å². The molecule has 0 aliphatic rings. The van der Waals surface area contributed by atoms with Crippen LogP contribution in [0.25, 0.3) is 0 Å². The molecule has 0 radical (unpaired) electrons. The van der Waals surface area contributed by atoms with Gasteiger partial charge in [0.25, 0.3) is 5.91 Å². The van der Waals surface area contributed by atoms with Crippen LogP contribution >= 0.6 is 11.3 Å². The summed E-state index contributed by atoms with van der Waals surface area (Å²) in [6.45, 7) is 5.59. The van der Waals surface area contributed by atoms with Crippen LogP contribution in [0.2, 0.25) is 0 Å². The van der Waals surface area contributed by atoms with E-state index in [1.807, 2.05) is 38.1 Å². The molecule has 1 aromatic carbocycles. The number of aryl methyl sites for hydroxylation is 1. The number of nitrogens with one attached hydrogen (secondary N) is 1. The van der Waals surface area contributed by atoms with Crippen molar-refractivity contribution in [2.75, 3.05) is 0 Å². The number of rotatable bonds is 5. The molecule has 0 saturated carbocycles. The molecule has 2 aromatic rings. The van der Waals surface area contributed by atoms with Gasteiger partial charge in [-0.1, -0.05) is 36.8 Å². The molecule has 1 aromatic heterocycles. The van der Waals surface area contributed by atoms with Crippen molar-refractivity contribution in [3.63, 3.8) is 0 Å². The zero-order valence-corrected chi connectivity index (χ0v) is 13.3. The number of thiophene rings is 1. The summed E-state index contributed by atoms with van der Waals surface area (Å²) in [7, 11) is 0. The first-order valence-corrected chi connectivity index (χ1v) is 7.81. The zero-order chi connectivity index (χ0) is 15.4. The monoisotopic (exact) mass is 301 g/mol. The molecule has 0 spiro atoms. The van der Waals surface area contributed by atoms with Gasteiger partial charge in [-0.25, -0.2) is 0 Å². The Morgan fingerprint density at radius 2 is 1.71 bits per heavy atom. The molecule has 0 fully saturated rings. The fourth-order valence-corrected chi connectivity index (χ4v) is 2.90. The Kier molecular flexibility index (Phi) is 4.91. The van der Waals surface area contributed by atoms with Crippen LogP contribution in [0.4, 0.5) is 0 Å². The Morgan fingerprint density at radius 1 is 1.10 bits per heavy atom. The van der Waals surface area contributed by atoms with E-state index in [0.29, 0.717) is 9.75 Å². The van der Waals surface area contributed by atoms with Crippen LogP contribution in [0.3, 0.4) is 0 Å². The van der Waals surface area contributed by atoms with E-state index in [4.69, 9.17) is 0 Å². The van der Waals surface area contributed by atoms with Crippen molar-refractivity contribution >= 4 is 23.0 Å². The number of Topliss-reactive ketones (excluding diaryl/α,β-unsaturated/α-hetero) is 1. The summed E-state index contributed by atoms with van der Waals surface area (Å²) in [6, 6.07) is 11.6. The summed E-state index contributed by atoms with van der Waals surface area (Å²) in [5.74, 6) is -0.135. The second-order valence-corrected chi connectivity index (χ2v) is 6.15. The van der Waals surface area contributed by atoms with E-state index in [2.05, 4.69) is 5.32 Å². The van der Waals surface area contributed by atoms with Crippen LogP contribution in [0.15, 0.2) is 36.4 Å². The zero-order valence-electron chi connectivity index (χ0n) is 12.5. The van der Waals surface area contributed by atoms with Crippen LogP contribution in [-0.2, 0) is 0 Å². The number of amides is 1. The van der Waals surface area contributed by atoms with Crippen LogP contribution in [-0.4, -0.2) is 11.7 Å². The number of carbonyl (C=O) groups is 2. The largest absolute Gasteiger partial charge is 0.345 e. The maximum Gasteiger partial charge on any atom is 0.261 e. The summed E-state index contributed by atoms with van der Waals surface area (Å²) in [5.41, 5.74) is 2.30. The van der Waals surface area contributed by atoms with Crippen LogP contribution < -0.4 is 5.32 Å². The lowest BCUT2D eigenvalue weighted by Gasteiger charge is -2.17. The standard InChI is InChI=1S/C17H19NO2S/c1-4-14(13-7-5-11(2)6-8-13)18-17(20)16-10-9-15(21-16)12(3)19/h5-10,14H,4H2,1-3H3,(H,18,20). The molecular weight excluding hydrogens is 282 g/mol. The normalized spacial score (nSPS) is 12.0. The molecule has 0 bridgehead atoms. The smallest absolute Gasteiger partial charge is 0.261 e. The Labute approximate surface area is 129 Å². The average molecular weight is 301 g/mol. The first-order chi connectivity index (χ1) is 10.0. The fourth-order valence-electron chi connectivity index (χ4n) is 2.10. The lowest BCUT2D eigenvalue weighted by atomic mass is 10.0. The van der Waals surface area contributed by atoms with Crippen molar-refractivity contribution in [2.45, 2.75) is 33.2 Å². The second-order valence-electron chi connectivity index (χ2n) is 5.07. The van der Waals surface area contributed by atoms with Crippen LogP contribution in [0.1, 0.15) is 56.8 Å². The van der Waals surface area contributed by atoms with E-state index in [9.17, 15) is 9.59 Å². The number of carbonyl (C=O) groups excluding carboxylic acids is 2. The third-order valence-electron chi connectivity index (χ3n) is 3.37. The molecule has 0 aliphatic heterocycles. The molecule has 4 heteroatoms. The van der Waals surface area contributed by atoms with E-state index in [-0.39, 0.29) is 17.7 Å². The predicted molar refractivity (Wildman–Crippen MR) is 86.0 cm³/mol. The molecule has 1 amide bonds. The van der Waals surface area contributed by atoms with Crippen molar-refractivity contribution in [3.05, 3.63) is 57.3 Å². The molecule has 3 nitrogen and oxygen atoms in total. The fraction of sp³-hybridized carbons (Fsp3) is 0.294. The molecule has 110 valence electrons.